The molecule has 6 heterocycles. The number of nitrogens with zero attached hydrogens (tertiary/aromatic N) is 7. The zero-order valence-corrected chi connectivity index (χ0v) is 22.6. The number of nitrogens with one attached hydrogen (secondary N) is 1. The molecule has 0 spiro atoms. The normalized spacial score (nSPS) is 16.6. The van der Waals surface area contributed by atoms with Gasteiger partial charge >= 0.3 is 6.09 Å². The van der Waals surface area contributed by atoms with Crippen LogP contribution in [0.5, 0.6) is 5.88 Å². The van der Waals surface area contributed by atoms with Gasteiger partial charge in [-0.3, -0.25) is 14.4 Å². The summed E-state index contributed by atoms with van der Waals surface area (Å²) in [5.41, 5.74) is 5.51. The molecule has 0 saturated heterocycles. The molecule has 13 heteroatoms. The molecule has 2 N–H and O–H groups in total. The smallest absolute Gasteiger partial charge is 0.412 e. The Kier molecular flexibility index (Phi) is 6.88. The van der Waals surface area contributed by atoms with Crippen LogP contribution in [0.1, 0.15) is 22.4 Å². The summed E-state index contributed by atoms with van der Waals surface area (Å²) in [6.07, 6.45) is 4.17. The van der Waals surface area contributed by atoms with Gasteiger partial charge in [0.1, 0.15) is 24.7 Å². The van der Waals surface area contributed by atoms with Crippen molar-refractivity contribution in [3.63, 3.8) is 0 Å². The molecule has 3 aromatic heterocycles. The van der Waals surface area contributed by atoms with Gasteiger partial charge in [-0.25, -0.2) is 14.8 Å². The van der Waals surface area contributed by atoms with Gasteiger partial charge in [-0.1, -0.05) is 0 Å². The third kappa shape index (κ3) is 4.88. The highest BCUT2D eigenvalue weighted by atomic mass is 16.5. The molecule has 0 bridgehead atoms. The molecule has 3 aliphatic rings. The first-order valence-electron chi connectivity index (χ1n) is 13.4. The van der Waals surface area contributed by atoms with Crippen LogP contribution in [0.4, 0.5) is 27.8 Å². The number of aromatic nitrogens is 4. The Labute approximate surface area is 231 Å². The Bertz CT molecular complexity index is 1460. The van der Waals surface area contributed by atoms with Gasteiger partial charge in [-0.2, -0.15) is 5.10 Å². The van der Waals surface area contributed by atoms with E-state index in [1.165, 1.54) is 10.5 Å². The van der Waals surface area contributed by atoms with Gasteiger partial charge in [0.2, 0.25) is 11.8 Å². The van der Waals surface area contributed by atoms with E-state index in [9.17, 15) is 14.7 Å². The van der Waals surface area contributed by atoms with Crippen molar-refractivity contribution in [1.29, 1.82) is 0 Å². The lowest BCUT2D eigenvalue weighted by molar-refractivity contribution is -0.132. The number of amides is 2. The summed E-state index contributed by atoms with van der Waals surface area (Å²) in [5, 5.41) is 17.6. The molecule has 0 atom stereocenters. The van der Waals surface area contributed by atoms with Crippen LogP contribution < -0.4 is 19.9 Å². The van der Waals surface area contributed by atoms with Gasteiger partial charge in [-0.15, -0.1) is 0 Å². The number of methoxy groups -OCH3 is 1. The van der Waals surface area contributed by atoms with E-state index in [-0.39, 0.29) is 25.6 Å². The number of fused-ring (bicyclic) bond motifs is 3. The molecule has 2 amide bonds. The van der Waals surface area contributed by atoms with E-state index in [2.05, 4.69) is 25.3 Å². The van der Waals surface area contributed by atoms with E-state index >= 15 is 0 Å². The molecule has 210 valence electrons. The quantitative estimate of drug-likeness (QED) is 0.471. The van der Waals surface area contributed by atoms with E-state index in [4.69, 9.17) is 9.47 Å². The van der Waals surface area contributed by atoms with Gasteiger partial charge in [0.25, 0.3) is 0 Å². The molecule has 3 aliphatic heterocycles. The van der Waals surface area contributed by atoms with Gasteiger partial charge < -0.3 is 29.7 Å². The molecule has 3 aromatic rings. The first-order valence-corrected chi connectivity index (χ1v) is 13.4. The van der Waals surface area contributed by atoms with Crippen molar-refractivity contribution in [3.05, 3.63) is 46.9 Å². The van der Waals surface area contributed by atoms with E-state index in [1.807, 2.05) is 30.2 Å². The number of pyridine rings is 2. The second-order valence-corrected chi connectivity index (χ2v) is 10.1. The topological polar surface area (TPSA) is 138 Å². The number of hydrogen-bond acceptors (Lipinski definition) is 9. The van der Waals surface area contributed by atoms with Crippen LogP contribution in [0.3, 0.4) is 0 Å². The highest BCUT2D eigenvalue weighted by molar-refractivity contribution is 5.91. The van der Waals surface area contributed by atoms with Crippen LogP contribution in [0, 0.1) is 6.92 Å². The summed E-state index contributed by atoms with van der Waals surface area (Å²) in [4.78, 5) is 38.9. The number of anilines is 4. The van der Waals surface area contributed by atoms with Gasteiger partial charge in [-0.05, 0) is 30.5 Å². The van der Waals surface area contributed by atoms with Crippen LogP contribution in [0.25, 0.3) is 0 Å². The Morgan fingerprint density at radius 1 is 1.10 bits per heavy atom. The summed E-state index contributed by atoms with van der Waals surface area (Å²) < 4.78 is 12.5. The molecule has 0 saturated carbocycles. The van der Waals surface area contributed by atoms with Crippen molar-refractivity contribution < 1.29 is 24.2 Å². The number of carbonyl (C=O) groups excluding carboxylic acids is 1. The SMILES string of the molecule is COCCN1CCc2cc(Nc3cc4c(cn3)CCN(c3cnc5c(c3C)N(C(=O)O)CCO5)C4)nn2CC1=O. The van der Waals surface area contributed by atoms with Crippen molar-refractivity contribution >= 4 is 35.0 Å². The Morgan fingerprint density at radius 2 is 1.98 bits per heavy atom. The number of carbonyl (C=O) groups is 2. The number of rotatable bonds is 6. The predicted molar refractivity (Wildman–Crippen MR) is 147 cm³/mol. The monoisotopic (exact) mass is 548 g/mol. The van der Waals surface area contributed by atoms with Crippen molar-refractivity contribution in [2.45, 2.75) is 32.9 Å². The highest BCUT2D eigenvalue weighted by Gasteiger charge is 2.30. The van der Waals surface area contributed by atoms with Gasteiger partial charge in [0.15, 0.2) is 5.82 Å². The molecule has 40 heavy (non-hydrogen) atoms. The number of carboxylic acid groups (broad SMARTS) is 1. The Morgan fingerprint density at radius 3 is 2.80 bits per heavy atom. The fraction of sp³-hybridized carbons (Fsp3) is 0.444. The van der Waals surface area contributed by atoms with Gasteiger partial charge in [0, 0.05) is 63.2 Å². The van der Waals surface area contributed by atoms with Crippen molar-refractivity contribution in [1.82, 2.24) is 24.6 Å². The average molecular weight is 549 g/mol. The van der Waals surface area contributed by atoms with Crippen LogP contribution >= 0.6 is 0 Å². The molecule has 0 aliphatic carbocycles. The van der Waals surface area contributed by atoms with Crippen molar-refractivity contribution in [2.75, 3.05) is 61.6 Å². The summed E-state index contributed by atoms with van der Waals surface area (Å²) in [6, 6.07) is 4.00. The van der Waals surface area contributed by atoms with E-state index in [0.717, 1.165) is 41.9 Å². The van der Waals surface area contributed by atoms with Crippen molar-refractivity contribution in [2.24, 2.45) is 0 Å². The Balaban J connectivity index is 1.19. The average Bonchev–Trinajstić information content (AvgIpc) is 3.25. The van der Waals surface area contributed by atoms with Crippen molar-refractivity contribution in [3.8, 4) is 5.88 Å². The van der Waals surface area contributed by atoms with Crippen LogP contribution in [-0.2, 0) is 35.5 Å². The maximum atomic E-state index is 12.6. The maximum absolute atomic E-state index is 12.6. The molecule has 6 rings (SSSR count). The first kappa shape index (κ1) is 25.9. The molecule has 13 nitrogen and oxygen atoms in total. The lowest BCUT2D eigenvalue weighted by atomic mass is 10.0. The fourth-order valence-corrected chi connectivity index (χ4v) is 5.58. The highest BCUT2D eigenvalue weighted by Crippen LogP contribution is 2.39. The number of hydrogen-bond donors (Lipinski definition) is 2. The lowest BCUT2D eigenvalue weighted by Gasteiger charge is -2.34. The van der Waals surface area contributed by atoms with E-state index in [1.54, 1.807) is 18.0 Å². The molecule has 0 radical (unpaired) electrons. The van der Waals surface area contributed by atoms with E-state index in [0.29, 0.717) is 49.4 Å². The lowest BCUT2D eigenvalue weighted by Crippen LogP contribution is -2.38. The van der Waals surface area contributed by atoms with Crippen LogP contribution in [-0.4, -0.2) is 88.3 Å². The van der Waals surface area contributed by atoms with E-state index < -0.39 is 6.09 Å². The predicted octanol–water partition coefficient (Wildman–Crippen LogP) is 2.20. The van der Waals surface area contributed by atoms with Crippen LogP contribution in [0.2, 0.25) is 0 Å². The fourth-order valence-electron chi connectivity index (χ4n) is 5.58. The third-order valence-electron chi connectivity index (χ3n) is 7.70. The number of ether oxygens (including phenoxy) is 2. The van der Waals surface area contributed by atoms with Gasteiger partial charge in [0.05, 0.1) is 25.0 Å². The summed E-state index contributed by atoms with van der Waals surface area (Å²) in [7, 11) is 1.63. The largest absolute Gasteiger partial charge is 0.474 e. The molecular weight excluding hydrogens is 516 g/mol. The minimum atomic E-state index is -1.01. The second kappa shape index (κ2) is 10.6. The third-order valence-corrected chi connectivity index (χ3v) is 7.70. The minimum Gasteiger partial charge on any atom is -0.474 e. The molecule has 0 unspecified atom stereocenters. The summed E-state index contributed by atoms with van der Waals surface area (Å²) in [5.74, 6) is 1.71. The summed E-state index contributed by atoms with van der Waals surface area (Å²) in [6.45, 7) is 5.80. The zero-order chi connectivity index (χ0) is 27.8. The first-order chi connectivity index (χ1) is 19.4. The minimum absolute atomic E-state index is 0.0300. The second-order valence-electron chi connectivity index (χ2n) is 10.1. The molecule has 0 aromatic carbocycles. The molecular formula is C27H32N8O5. The maximum Gasteiger partial charge on any atom is 0.412 e. The summed E-state index contributed by atoms with van der Waals surface area (Å²) >= 11 is 0. The standard InChI is InChI=1S/C27H32N8O5/c1-17-21(14-29-26-25(17)34(27(37)38)8-10-40-26)33-5-3-18-13-28-22(11-19(18)15-33)30-23-12-20-4-6-32(7-9-39-2)24(36)16-35(20)31-23/h11-14H,3-10,15-16H2,1-2H3,(H,37,38)(H,28,30,31). The molecule has 0 fully saturated rings. The zero-order valence-electron chi connectivity index (χ0n) is 22.6. The van der Waals surface area contributed by atoms with Crippen LogP contribution in [0.15, 0.2) is 24.5 Å². The Hall–Kier alpha value is -4.39.